The largest absolute Gasteiger partial charge is 0.348 e. The van der Waals surface area contributed by atoms with Crippen molar-refractivity contribution in [2.24, 2.45) is 0 Å². The highest BCUT2D eigenvalue weighted by Gasteiger charge is 2.26. The molecule has 1 N–H and O–H groups in total. The van der Waals surface area contributed by atoms with Gasteiger partial charge in [0.15, 0.2) is 0 Å². The summed E-state index contributed by atoms with van der Waals surface area (Å²) in [5.74, 6) is 0.0433. The Morgan fingerprint density at radius 3 is 2.76 bits per heavy atom. The van der Waals surface area contributed by atoms with E-state index in [1.165, 1.54) is 16.7 Å². The zero-order valence-electron chi connectivity index (χ0n) is 13.5. The lowest BCUT2D eigenvalue weighted by atomic mass is 10.1. The van der Waals surface area contributed by atoms with E-state index in [9.17, 15) is 9.59 Å². The van der Waals surface area contributed by atoms with Gasteiger partial charge in [0, 0.05) is 4.90 Å². The molecule has 1 atom stereocenters. The number of amides is 2. The van der Waals surface area contributed by atoms with Crippen molar-refractivity contribution in [3.8, 4) is 0 Å². The number of nitrogens with zero attached hydrogens (tertiary/aromatic N) is 1. The maximum atomic E-state index is 12.4. The van der Waals surface area contributed by atoms with Gasteiger partial charge < -0.3 is 10.2 Å². The fraction of sp³-hybridized carbons (Fsp3) is 0.222. The minimum Gasteiger partial charge on any atom is -0.348 e. The van der Waals surface area contributed by atoms with Crippen LogP contribution in [0.25, 0.3) is 0 Å². The van der Waals surface area contributed by atoms with Gasteiger partial charge in [-0.3, -0.25) is 9.59 Å². The molecule has 2 aromatic carbocycles. The Kier molecular flexibility index (Phi) is 5.57. The molecule has 0 aromatic heterocycles. The number of fused-ring (bicyclic) bond motifs is 1. The van der Waals surface area contributed by atoms with Crippen LogP contribution >= 0.6 is 35.0 Å². The van der Waals surface area contributed by atoms with E-state index >= 15 is 0 Å². The lowest BCUT2D eigenvalue weighted by Crippen LogP contribution is -2.43. The third-order valence-electron chi connectivity index (χ3n) is 3.93. The summed E-state index contributed by atoms with van der Waals surface area (Å²) in [4.78, 5) is 27.2. The van der Waals surface area contributed by atoms with Gasteiger partial charge in [-0.25, -0.2) is 0 Å². The second-order valence-corrected chi connectivity index (χ2v) is 7.53. The van der Waals surface area contributed by atoms with Gasteiger partial charge >= 0.3 is 0 Å². The van der Waals surface area contributed by atoms with Gasteiger partial charge in [0.05, 0.1) is 27.5 Å². The quantitative estimate of drug-likeness (QED) is 0.840. The zero-order valence-corrected chi connectivity index (χ0v) is 15.8. The third-order valence-corrected chi connectivity index (χ3v) is 5.72. The molecule has 2 amide bonds. The molecule has 2 aromatic rings. The summed E-state index contributed by atoms with van der Waals surface area (Å²) in [6, 6.07) is 12.6. The molecule has 0 fully saturated rings. The van der Waals surface area contributed by atoms with Crippen molar-refractivity contribution < 1.29 is 9.59 Å². The molecule has 7 heteroatoms. The molecule has 1 unspecified atom stereocenters. The normalized spacial score (nSPS) is 14.8. The number of halogens is 2. The number of hydrogen-bond acceptors (Lipinski definition) is 3. The number of nitrogens with one attached hydrogen (secondary N) is 1. The zero-order chi connectivity index (χ0) is 18.0. The first-order chi connectivity index (χ1) is 12.0. The predicted molar refractivity (Wildman–Crippen MR) is 103 cm³/mol. The van der Waals surface area contributed by atoms with Crippen molar-refractivity contribution in [2.75, 3.05) is 17.2 Å². The van der Waals surface area contributed by atoms with Gasteiger partial charge in [-0.2, -0.15) is 0 Å². The Balaban J connectivity index is 1.70. The van der Waals surface area contributed by atoms with Crippen LogP contribution in [0.2, 0.25) is 10.0 Å². The number of para-hydroxylation sites is 1. The number of benzene rings is 2. The fourth-order valence-corrected chi connectivity index (χ4v) is 3.87. The van der Waals surface area contributed by atoms with Crippen LogP contribution in [-0.4, -0.2) is 24.1 Å². The predicted octanol–water partition coefficient (Wildman–Crippen LogP) is 4.31. The second kappa shape index (κ2) is 7.68. The summed E-state index contributed by atoms with van der Waals surface area (Å²) in [6.45, 7) is 1.85. The number of thioether (sulfide) groups is 1. The van der Waals surface area contributed by atoms with E-state index < -0.39 is 0 Å². The van der Waals surface area contributed by atoms with E-state index in [0.29, 0.717) is 15.8 Å². The molecule has 3 rings (SSSR count). The molecular weight excluding hydrogens is 379 g/mol. The molecule has 25 heavy (non-hydrogen) atoms. The first-order valence-electron chi connectivity index (χ1n) is 7.72. The SMILES string of the molecule is CC(NC(=O)CN1C(=O)CSc2ccccc21)c1ccc(Cl)c(Cl)c1. The van der Waals surface area contributed by atoms with Crippen molar-refractivity contribution in [2.45, 2.75) is 17.9 Å². The summed E-state index contributed by atoms with van der Waals surface area (Å²) >= 11 is 13.4. The highest BCUT2D eigenvalue weighted by atomic mass is 35.5. The van der Waals surface area contributed by atoms with Crippen LogP contribution in [0.3, 0.4) is 0 Å². The Morgan fingerprint density at radius 1 is 1.24 bits per heavy atom. The highest BCUT2D eigenvalue weighted by molar-refractivity contribution is 8.00. The first kappa shape index (κ1) is 18.1. The topological polar surface area (TPSA) is 49.4 Å². The van der Waals surface area contributed by atoms with Crippen LogP contribution < -0.4 is 10.2 Å². The van der Waals surface area contributed by atoms with Crippen molar-refractivity contribution in [3.05, 3.63) is 58.1 Å². The Morgan fingerprint density at radius 2 is 2.00 bits per heavy atom. The standard InChI is InChI=1S/C18H16Cl2N2O2S/c1-11(12-6-7-13(19)14(20)8-12)21-17(23)9-22-15-4-2-3-5-16(15)25-10-18(22)24/h2-8,11H,9-10H2,1H3,(H,21,23). The van der Waals surface area contributed by atoms with Crippen molar-refractivity contribution in [1.29, 1.82) is 0 Å². The van der Waals surface area contributed by atoms with E-state index in [1.807, 2.05) is 37.3 Å². The molecule has 0 spiro atoms. The monoisotopic (exact) mass is 394 g/mol. The molecule has 0 radical (unpaired) electrons. The minimum absolute atomic E-state index is 0.0118. The molecule has 1 aliphatic heterocycles. The lowest BCUT2D eigenvalue weighted by molar-refractivity contribution is -0.123. The Labute approximate surface area is 160 Å². The van der Waals surface area contributed by atoms with Crippen LogP contribution in [0.15, 0.2) is 47.4 Å². The first-order valence-corrected chi connectivity index (χ1v) is 9.46. The number of carbonyl (C=O) groups excluding carboxylic acids is 2. The molecule has 0 saturated heterocycles. The molecule has 130 valence electrons. The third kappa shape index (κ3) is 4.11. The van der Waals surface area contributed by atoms with Gasteiger partial charge in [0.2, 0.25) is 11.8 Å². The summed E-state index contributed by atoms with van der Waals surface area (Å²) < 4.78 is 0. The number of hydrogen-bond donors (Lipinski definition) is 1. The van der Waals surface area contributed by atoms with Crippen molar-refractivity contribution in [1.82, 2.24) is 5.32 Å². The second-order valence-electron chi connectivity index (χ2n) is 5.70. The maximum absolute atomic E-state index is 12.4. The molecule has 1 aliphatic rings. The molecule has 0 bridgehead atoms. The number of rotatable bonds is 4. The molecule has 1 heterocycles. The van der Waals surface area contributed by atoms with Gasteiger partial charge in [-0.05, 0) is 36.8 Å². The smallest absolute Gasteiger partial charge is 0.240 e. The Hall–Kier alpha value is -1.69. The fourth-order valence-electron chi connectivity index (χ4n) is 2.62. The molecule has 0 saturated carbocycles. The summed E-state index contributed by atoms with van der Waals surface area (Å²) in [7, 11) is 0. The molecule has 4 nitrogen and oxygen atoms in total. The maximum Gasteiger partial charge on any atom is 0.240 e. The van der Waals surface area contributed by atoms with Crippen LogP contribution in [0, 0.1) is 0 Å². The minimum atomic E-state index is -0.244. The summed E-state index contributed by atoms with van der Waals surface area (Å²) in [5, 5.41) is 3.81. The van der Waals surface area contributed by atoms with Crippen LogP contribution in [0.4, 0.5) is 5.69 Å². The highest BCUT2D eigenvalue weighted by Crippen LogP contribution is 2.34. The van der Waals surface area contributed by atoms with E-state index in [1.54, 1.807) is 12.1 Å². The van der Waals surface area contributed by atoms with E-state index in [4.69, 9.17) is 23.2 Å². The van der Waals surface area contributed by atoms with Gasteiger partial charge in [-0.1, -0.05) is 41.4 Å². The van der Waals surface area contributed by atoms with Crippen molar-refractivity contribution >= 4 is 52.5 Å². The van der Waals surface area contributed by atoms with Crippen LogP contribution in [0.1, 0.15) is 18.5 Å². The average Bonchev–Trinajstić information content (AvgIpc) is 2.59. The van der Waals surface area contributed by atoms with E-state index in [0.717, 1.165) is 16.1 Å². The average molecular weight is 395 g/mol. The van der Waals surface area contributed by atoms with Crippen LogP contribution in [0.5, 0.6) is 0 Å². The Bertz CT molecular complexity index is 828. The van der Waals surface area contributed by atoms with E-state index in [-0.39, 0.29) is 24.4 Å². The van der Waals surface area contributed by atoms with Gasteiger partial charge in [-0.15, -0.1) is 11.8 Å². The van der Waals surface area contributed by atoms with Gasteiger partial charge in [0.1, 0.15) is 6.54 Å². The van der Waals surface area contributed by atoms with Crippen LogP contribution in [-0.2, 0) is 9.59 Å². The lowest BCUT2D eigenvalue weighted by Gasteiger charge is -2.28. The number of carbonyl (C=O) groups is 2. The molecular formula is C18H16Cl2N2O2S. The number of anilines is 1. The molecule has 0 aliphatic carbocycles. The summed E-state index contributed by atoms with van der Waals surface area (Å²) in [6.07, 6.45) is 0. The van der Waals surface area contributed by atoms with E-state index in [2.05, 4.69) is 5.32 Å². The van der Waals surface area contributed by atoms with Crippen molar-refractivity contribution in [3.63, 3.8) is 0 Å². The van der Waals surface area contributed by atoms with Gasteiger partial charge in [0.25, 0.3) is 0 Å². The summed E-state index contributed by atoms with van der Waals surface area (Å²) in [5.41, 5.74) is 1.63.